The van der Waals surface area contributed by atoms with E-state index in [2.05, 4.69) is 10.1 Å². The van der Waals surface area contributed by atoms with Gasteiger partial charge < -0.3 is 19.4 Å². The number of hydrogen-bond acceptors (Lipinski definition) is 4. The van der Waals surface area contributed by atoms with Crippen LogP contribution in [-0.4, -0.2) is 35.4 Å². The maximum Gasteiger partial charge on any atom is 0.407 e. The number of amides is 1. The highest BCUT2D eigenvalue weighted by Crippen LogP contribution is 2.16. The summed E-state index contributed by atoms with van der Waals surface area (Å²) in [4.78, 5) is 23.1. The summed E-state index contributed by atoms with van der Waals surface area (Å²) in [6, 6.07) is 1.31. The number of nitrogens with zero attached hydrogens (tertiary/aromatic N) is 1. The molecule has 0 bridgehead atoms. The van der Waals surface area contributed by atoms with Crippen molar-refractivity contribution in [3.8, 4) is 0 Å². The van der Waals surface area contributed by atoms with Crippen LogP contribution in [0.3, 0.4) is 0 Å². The molecular formula is C14H21ClN2O4. The zero-order valence-corrected chi connectivity index (χ0v) is 13.7. The minimum atomic E-state index is -0.549. The minimum absolute atomic E-state index is 0.213. The predicted octanol–water partition coefficient (Wildman–Crippen LogP) is 2.84. The van der Waals surface area contributed by atoms with Gasteiger partial charge in [0.2, 0.25) is 0 Å². The Morgan fingerprint density at radius 1 is 1.43 bits per heavy atom. The quantitative estimate of drug-likeness (QED) is 0.867. The highest BCUT2D eigenvalue weighted by atomic mass is 35.5. The molecule has 0 aliphatic heterocycles. The second-order valence-corrected chi connectivity index (χ2v) is 6.13. The lowest BCUT2D eigenvalue weighted by molar-refractivity contribution is 0.0502. The van der Waals surface area contributed by atoms with Gasteiger partial charge in [-0.15, -0.1) is 0 Å². The van der Waals surface area contributed by atoms with E-state index in [1.807, 2.05) is 6.92 Å². The first-order valence-corrected chi connectivity index (χ1v) is 6.93. The molecule has 118 valence electrons. The van der Waals surface area contributed by atoms with Gasteiger partial charge in [-0.1, -0.05) is 11.6 Å². The van der Waals surface area contributed by atoms with Gasteiger partial charge in [0.1, 0.15) is 10.8 Å². The van der Waals surface area contributed by atoms with Crippen LogP contribution in [0.2, 0.25) is 5.15 Å². The highest BCUT2D eigenvalue weighted by Gasteiger charge is 2.19. The van der Waals surface area contributed by atoms with Crippen molar-refractivity contribution in [2.75, 3.05) is 7.11 Å². The van der Waals surface area contributed by atoms with Crippen molar-refractivity contribution in [2.24, 2.45) is 0 Å². The van der Waals surface area contributed by atoms with Crippen LogP contribution in [-0.2, 0) is 16.0 Å². The van der Waals surface area contributed by atoms with Crippen LogP contribution in [0.1, 0.15) is 38.1 Å². The lowest BCUT2D eigenvalue weighted by Gasteiger charge is -2.22. The fourth-order valence-electron chi connectivity index (χ4n) is 1.70. The molecule has 0 fully saturated rings. The van der Waals surface area contributed by atoms with Gasteiger partial charge in [-0.25, -0.2) is 9.59 Å². The average molecular weight is 317 g/mol. The third-order valence-corrected chi connectivity index (χ3v) is 2.82. The van der Waals surface area contributed by atoms with Crippen LogP contribution in [0.5, 0.6) is 0 Å². The van der Waals surface area contributed by atoms with Crippen molar-refractivity contribution < 1.29 is 19.1 Å². The number of alkyl carbamates (subject to hydrolysis) is 1. The number of esters is 1. The van der Waals surface area contributed by atoms with Crippen molar-refractivity contribution in [2.45, 2.75) is 45.9 Å². The van der Waals surface area contributed by atoms with E-state index in [1.54, 1.807) is 31.5 Å². The SMILES string of the molecule is COC(=O)c1cc(Cl)n(CC(C)NC(=O)OC(C)(C)C)c1. The standard InChI is InChI=1S/C14H21ClN2O4/c1-9(16-13(19)21-14(2,3)4)7-17-8-10(6-11(17)15)12(18)20-5/h6,8-9H,7H2,1-5H3,(H,16,19). The Hall–Kier alpha value is -1.69. The number of nitrogens with one attached hydrogen (secondary N) is 1. The number of methoxy groups -OCH3 is 1. The molecule has 6 nitrogen and oxygen atoms in total. The van der Waals surface area contributed by atoms with Crippen molar-refractivity contribution in [3.05, 3.63) is 23.0 Å². The van der Waals surface area contributed by atoms with Crippen LogP contribution in [0.4, 0.5) is 4.79 Å². The Balaban J connectivity index is 2.63. The molecule has 1 N–H and O–H groups in total. The summed E-state index contributed by atoms with van der Waals surface area (Å²) in [5.74, 6) is -0.455. The summed E-state index contributed by atoms with van der Waals surface area (Å²) < 4.78 is 11.5. The number of rotatable bonds is 4. The van der Waals surface area contributed by atoms with Gasteiger partial charge in [0, 0.05) is 18.8 Å². The van der Waals surface area contributed by atoms with E-state index in [-0.39, 0.29) is 6.04 Å². The first-order chi connectivity index (χ1) is 9.62. The van der Waals surface area contributed by atoms with E-state index in [1.165, 1.54) is 13.2 Å². The molecule has 1 aromatic rings. The largest absolute Gasteiger partial charge is 0.465 e. The van der Waals surface area contributed by atoms with Gasteiger partial charge in [-0.05, 0) is 33.8 Å². The molecule has 0 saturated heterocycles. The summed E-state index contributed by atoms with van der Waals surface area (Å²) in [5, 5.41) is 3.10. The molecule has 1 rings (SSSR count). The van der Waals surface area contributed by atoms with Crippen molar-refractivity contribution in [1.29, 1.82) is 0 Å². The van der Waals surface area contributed by atoms with E-state index in [0.29, 0.717) is 17.3 Å². The monoisotopic (exact) mass is 316 g/mol. The molecule has 0 aliphatic rings. The third-order valence-electron chi connectivity index (χ3n) is 2.50. The molecule has 0 aromatic carbocycles. The smallest absolute Gasteiger partial charge is 0.407 e. The molecule has 1 heterocycles. The van der Waals surface area contributed by atoms with Crippen LogP contribution in [0.15, 0.2) is 12.3 Å². The summed E-state index contributed by atoms with van der Waals surface area (Å²) in [7, 11) is 1.31. The van der Waals surface area contributed by atoms with E-state index in [4.69, 9.17) is 16.3 Å². The Morgan fingerprint density at radius 2 is 2.05 bits per heavy atom. The molecule has 0 aliphatic carbocycles. The summed E-state index contributed by atoms with van der Waals surface area (Å²) in [6.45, 7) is 7.61. The first-order valence-electron chi connectivity index (χ1n) is 6.56. The topological polar surface area (TPSA) is 69.6 Å². The molecule has 1 unspecified atom stereocenters. The maximum atomic E-state index is 11.7. The van der Waals surface area contributed by atoms with Crippen LogP contribution >= 0.6 is 11.6 Å². The van der Waals surface area contributed by atoms with Gasteiger partial charge in [0.15, 0.2) is 0 Å². The molecule has 0 spiro atoms. The molecule has 1 aromatic heterocycles. The van der Waals surface area contributed by atoms with E-state index < -0.39 is 17.7 Å². The van der Waals surface area contributed by atoms with Gasteiger partial charge >= 0.3 is 12.1 Å². The molecule has 0 radical (unpaired) electrons. The number of ether oxygens (including phenoxy) is 2. The van der Waals surface area contributed by atoms with Crippen LogP contribution < -0.4 is 5.32 Å². The summed E-state index contributed by atoms with van der Waals surface area (Å²) >= 11 is 6.04. The highest BCUT2D eigenvalue weighted by molar-refractivity contribution is 6.30. The van der Waals surface area contributed by atoms with Gasteiger partial charge in [0.25, 0.3) is 0 Å². The second kappa shape index (κ2) is 6.85. The van der Waals surface area contributed by atoms with E-state index >= 15 is 0 Å². The number of carbonyl (C=O) groups excluding carboxylic acids is 2. The van der Waals surface area contributed by atoms with Crippen molar-refractivity contribution >= 4 is 23.7 Å². The maximum absolute atomic E-state index is 11.7. The van der Waals surface area contributed by atoms with Crippen molar-refractivity contribution in [3.63, 3.8) is 0 Å². The van der Waals surface area contributed by atoms with Gasteiger partial charge in [-0.2, -0.15) is 0 Å². The lowest BCUT2D eigenvalue weighted by atomic mass is 10.2. The average Bonchev–Trinajstić information content (AvgIpc) is 2.67. The first kappa shape index (κ1) is 17.4. The van der Waals surface area contributed by atoms with E-state index in [9.17, 15) is 9.59 Å². The molecule has 21 heavy (non-hydrogen) atoms. The number of halogens is 1. The predicted molar refractivity (Wildman–Crippen MR) is 79.6 cm³/mol. The number of aromatic nitrogens is 1. The zero-order valence-electron chi connectivity index (χ0n) is 12.9. The fourth-order valence-corrected chi connectivity index (χ4v) is 1.93. The molecule has 0 saturated carbocycles. The molecule has 7 heteroatoms. The fraction of sp³-hybridized carbons (Fsp3) is 0.571. The molecule has 1 amide bonds. The number of hydrogen-bond donors (Lipinski definition) is 1. The Morgan fingerprint density at radius 3 is 2.57 bits per heavy atom. The second-order valence-electron chi connectivity index (χ2n) is 5.74. The zero-order chi connectivity index (χ0) is 16.2. The summed E-state index contributed by atoms with van der Waals surface area (Å²) in [6.07, 6.45) is 1.09. The van der Waals surface area contributed by atoms with Gasteiger partial charge in [-0.3, -0.25) is 0 Å². The van der Waals surface area contributed by atoms with Crippen LogP contribution in [0, 0.1) is 0 Å². The van der Waals surface area contributed by atoms with Gasteiger partial charge in [0.05, 0.1) is 12.7 Å². The third kappa shape index (κ3) is 5.67. The lowest BCUT2D eigenvalue weighted by Crippen LogP contribution is -2.39. The number of carbonyl (C=O) groups is 2. The summed E-state index contributed by atoms with van der Waals surface area (Å²) in [5.41, 5.74) is -0.181. The molecular weight excluding hydrogens is 296 g/mol. The van der Waals surface area contributed by atoms with Crippen molar-refractivity contribution in [1.82, 2.24) is 9.88 Å². The Bertz CT molecular complexity index is 520. The molecule has 1 atom stereocenters. The normalized spacial score (nSPS) is 12.7. The van der Waals surface area contributed by atoms with Crippen LogP contribution in [0.25, 0.3) is 0 Å². The Kier molecular flexibility index (Phi) is 5.66. The minimum Gasteiger partial charge on any atom is -0.465 e. The van der Waals surface area contributed by atoms with E-state index in [0.717, 1.165) is 0 Å². The Labute approximate surface area is 129 Å².